The Kier molecular flexibility index (Phi) is 9.47. The number of likely N-dealkylation sites (tertiary alicyclic amines) is 1. The molecule has 1 saturated heterocycles. The molecule has 2 fully saturated rings. The van der Waals surface area contributed by atoms with Crippen molar-refractivity contribution in [2.24, 2.45) is 5.41 Å². The Bertz CT molecular complexity index is 1200. The zero-order valence-corrected chi connectivity index (χ0v) is 25.0. The van der Waals surface area contributed by atoms with Gasteiger partial charge in [-0.1, -0.05) is 47.4 Å². The molecular formula is C29H32Cl3F3N2OS. The molecule has 0 N–H and O–H groups in total. The van der Waals surface area contributed by atoms with Crippen LogP contribution in [0.25, 0.3) is 5.70 Å². The van der Waals surface area contributed by atoms with Crippen molar-refractivity contribution in [3.8, 4) is 0 Å². The summed E-state index contributed by atoms with van der Waals surface area (Å²) in [7, 11) is 3.87. The lowest BCUT2D eigenvalue weighted by molar-refractivity contribution is -0.173. The Morgan fingerprint density at radius 3 is 2.13 bits per heavy atom. The van der Waals surface area contributed by atoms with Gasteiger partial charge in [0.15, 0.2) is 5.92 Å². The van der Waals surface area contributed by atoms with Crippen molar-refractivity contribution in [2.45, 2.75) is 60.8 Å². The number of alkyl halides is 3. The van der Waals surface area contributed by atoms with E-state index >= 15 is 0 Å². The molecule has 1 heterocycles. The van der Waals surface area contributed by atoms with Crippen molar-refractivity contribution >= 4 is 58.2 Å². The van der Waals surface area contributed by atoms with E-state index < -0.39 is 18.0 Å². The van der Waals surface area contributed by atoms with Gasteiger partial charge >= 0.3 is 6.18 Å². The lowest BCUT2D eigenvalue weighted by atomic mass is 9.68. The summed E-state index contributed by atoms with van der Waals surface area (Å²) in [6, 6.07) is 9.79. The van der Waals surface area contributed by atoms with Crippen LogP contribution in [-0.4, -0.2) is 54.3 Å². The lowest BCUT2D eigenvalue weighted by Gasteiger charge is -2.46. The van der Waals surface area contributed by atoms with Gasteiger partial charge in [-0.2, -0.15) is 13.2 Å². The van der Waals surface area contributed by atoms with Gasteiger partial charge in [0.2, 0.25) is 5.91 Å². The van der Waals surface area contributed by atoms with Crippen molar-refractivity contribution in [1.82, 2.24) is 9.80 Å². The summed E-state index contributed by atoms with van der Waals surface area (Å²) in [4.78, 5) is 17.5. The van der Waals surface area contributed by atoms with Crippen LogP contribution < -0.4 is 0 Å². The fourth-order valence-electron chi connectivity index (χ4n) is 5.66. The summed E-state index contributed by atoms with van der Waals surface area (Å²) >= 11 is 20.2. The second-order valence-electron chi connectivity index (χ2n) is 10.8. The third-order valence-electron chi connectivity index (χ3n) is 8.02. The summed E-state index contributed by atoms with van der Waals surface area (Å²) in [5.41, 5.74) is 1.63. The van der Waals surface area contributed by atoms with Gasteiger partial charge in [0.25, 0.3) is 0 Å². The molecule has 1 saturated carbocycles. The van der Waals surface area contributed by atoms with Gasteiger partial charge in [0, 0.05) is 58.6 Å². The average molecular weight is 620 g/mol. The molecule has 2 aliphatic rings. The molecule has 1 atom stereocenters. The summed E-state index contributed by atoms with van der Waals surface area (Å²) in [6.45, 7) is 4.73. The maximum absolute atomic E-state index is 14.0. The molecule has 2 aromatic carbocycles. The summed E-state index contributed by atoms with van der Waals surface area (Å²) in [5, 5.41) is 1.28. The van der Waals surface area contributed by atoms with E-state index in [1.54, 1.807) is 0 Å². The summed E-state index contributed by atoms with van der Waals surface area (Å²) in [6.07, 6.45) is 0.735. The number of carbonyl (C=O) groups is 1. The quantitative estimate of drug-likeness (QED) is 0.322. The van der Waals surface area contributed by atoms with Crippen LogP contribution in [0.4, 0.5) is 13.2 Å². The van der Waals surface area contributed by atoms with Crippen LogP contribution in [0.3, 0.4) is 0 Å². The minimum absolute atomic E-state index is 0.0732. The smallest absolute Gasteiger partial charge is 0.378 e. The van der Waals surface area contributed by atoms with E-state index in [2.05, 4.69) is 12.6 Å². The molecule has 39 heavy (non-hydrogen) atoms. The largest absolute Gasteiger partial charge is 0.404 e. The van der Waals surface area contributed by atoms with Gasteiger partial charge in [-0.05, 0) is 79.8 Å². The molecule has 2 aromatic rings. The van der Waals surface area contributed by atoms with Gasteiger partial charge < -0.3 is 9.80 Å². The van der Waals surface area contributed by atoms with Gasteiger partial charge in [0.1, 0.15) is 0 Å². The predicted molar refractivity (Wildman–Crippen MR) is 156 cm³/mol. The van der Waals surface area contributed by atoms with Gasteiger partial charge in [0.05, 0.1) is 5.02 Å². The highest BCUT2D eigenvalue weighted by atomic mass is 35.5. The molecule has 1 aliphatic heterocycles. The fraction of sp³-hybridized carbons (Fsp3) is 0.483. The Balaban J connectivity index is 1.35. The monoisotopic (exact) mass is 618 g/mol. The van der Waals surface area contributed by atoms with E-state index in [1.165, 1.54) is 23.1 Å². The van der Waals surface area contributed by atoms with E-state index in [0.29, 0.717) is 36.2 Å². The third-order valence-corrected chi connectivity index (χ3v) is 10.1. The number of hydrogen-bond acceptors (Lipinski definition) is 3. The minimum atomic E-state index is -4.74. The average Bonchev–Trinajstić information content (AvgIpc) is 2.84. The van der Waals surface area contributed by atoms with Crippen LogP contribution in [-0.2, 0) is 4.79 Å². The Hall–Kier alpha value is -1.54. The lowest BCUT2D eigenvalue weighted by Crippen LogP contribution is -2.48. The Labute approximate surface area is 247 Å². The highest BCUT2D eigenvalue weighted by Gasteiger charge is 2.49. The van der Waals surface area contributed by atoms with Crippen molar-refractivity contribution in [2.75, 3.05) is 27.2 Å². The van der Waals surface area contributed by atoms with Crippen molar-refractivity contribution in [1.29, 1.82) is 0 Å². The molecule has 212 valence electrons. The molecule has 10 heteroatoms. The number of carbonyl (C=O) groups excluding carboxylic acids is 1. The molecule has 0 radical (unpaired) electrons. The molecule has 4 rings (SSSR count). The molecule has 1 unspecified atom stereocenters. The van der Waals surface area contributed by atoms with Crippen LogP contribution in [0.2, 0.25) is 15.1 Å². The van der Waals surface area contributed by atoms with Crippen LogP contribution >= 0.6 is 46.6 Å². The summed E-state index contributed by atoms with van der Waals surface area (Å²) in [5.74, 6) is -3.21. The predicted octanol–water partition coefficient (Wildman–Crippen LogP) is 9.17. The number of nitrogens with zero attached hydrogens (tertiary/aromatic N) is 2. The number of thioether (sulfide) groups is 1. The second kappa shape index (κ2) is 12.1. The fourth-order valence-corrected chi connectivity index (χ4v) is 7.74. The number of piperidine rings is 1. The standard InChI is InChI=1S/C29H32Cl3F3N2OS/c1-18(36(2)3)24-5-4-23(17-25(24)32)39-22-6-8-28(9-7-22)10-12-37(13-11-28)27(38)26(29(33,34)35)19-14-20(30)16-21(31)15-19/h4-5,14-17,22,26H,1,6-13H2,2-3H3. The maximum atomic E-state index is 14.0. The van der Waals surface area contributed by atoms with Gasteiger partial charge in [-0.3, -0.25) is 4.79 Å². The zero-order chi connectivity index (χ0) is 28.5. The zero-order valence-electron chi connectivity index (χ0n) is 22.0. The van der Waals surface area contributed by atoms with Crippen molar-refractivity contribution in [3.05, 3.63) is 69.2 Å². The normalized spacial score (nSPS) is 18.7. The highest BCUT2D eigenvalue weighted by Crippen LogP contribution is 2.49. The molecule has 0 bridgehead atoms. The van der Waals surface area contributed by atoms with Crippen LogP contribution in [0.1, 0.15) is 55.6 Å². The van der Waals surface area contributed by atoms with E-state index in [4.69, 9.17) is 34.8 Å². The Morgan fingerprint density at radius 1 is 1.03 bits per heavy atom. The number of benzene rings is 2. The number of halogens is 6. The maximum Gasteiger partial charge on any atom is 0.404 e. The topological polar surface area (TPSA) is 23.6 Å². The molecule has 1 spiro atoms. The van der Waals surface area contributed by atoms with Crippen LogP contribution in [0.5, 0.6) is 0 Å². The second-order valence-corrected chi connectivity index (χ2v) is 13.5. The molecule has 0 aromatic heterocycles. The van der Waals surface area contributed by atoms with E-state index in [9.17, 15) is 18.0 Å². The highest BCUT2D eigenvalue weighted by molar-refractivity contribution is 8.00. The molecule has 1 amide bonds. The van der Waals surface area contributed by atoms with Gasteiger partial charge in [-0.15, -0.1) is 11.8 Å². The van der Waals surface area contributed by atoms with Crippen LogP contribution in [0.15, 0.2) is 47.9 Å². The number of amides is 1. The molecule has 1 aliphatic carbocycles. The Morgan fingerprint density at radius 2 is 1.62 bits per heavy atom. The number of rotatable bonds is 6. The van der Waals surface area contributed by atoms with Gasteiger partial charge in [-0.25, -0.2) is 0 Å². The van der Waals surface area contributed by atoms with E-state index in [1.807, 2.05) is 42.9 Å². The minimum Gasteiger partial charge on any atom is -0.378 e. The van der Waals surface area contributed by atoms with Crippen molar-refractivity contribution in [3.63, 3.8) is 0 Å². The van der Waals surface area contributed by atoms with E-state index in [-0.39, 0.29) is 21.0 Å². The van der Waals surface area contributed by atoms with Crippen molar-refractivity contribution < 1.29 is 18.0 Å². The first kappa shape index (κ1) is 30.4. The third kappa shape index (κ3) is 7.22. The number of hydrogen-bond donors (Lipinski definition) is 0. The first-order valence-corrected chi connectivity index (χ1v) is 14.9. The molecular weight excluding hydrogens is 588 g/mol. The van der Waals surface area contributed by atoms with Crippen LogP contribution in [0, 0.1) is 5.41 Å². The first-order chi connectivity index (χ1) is 18.3. The summed E-state index contributed by atoms with van der Waals surface area (Å²) < 4.78 is 42.0. The first-order valence-electron chi connectivity index (χ1n) is 12.9. The van der Waals surface area contributed by atoms with E-state index in [0.717, 1.165) is 41.8 Å². The molecule has 3 nitrogen and oxygen atoms in total. The SMILES string of the molecule is C=C(c1ccc(SC2CCC3(CC2)CCN(C(=O)C(c2cc(Cl)cc(Cl)c2)C(F)(F)F)CC3)cc1Cl)N(C)C.